The number of aromatic nitrogens is 1. The Kier molecular flexibility index (Phi) is 2.73. The molecule has 4 heteroatoms. The van der Waals surface area contributed by atoms with Crippen molar-refractivity contribution in [2.24, 2.45) is 0 Å². The van der Waals surface area contributed by atoms with E-state index in [-0.39, 0.29) is 0 Å². The molecule has 1 fully saturated rings. The summed E-state index contributed by atoms with van der Waals surface area (Å²) < 4.78 is 2.41. The molecule has 0 bridgehead atoms. The van der Waals surface area contributed by atoms with Crippen LogP contribution in [0, 0.1) is 0 Å². The molecule has 1 aliphatic heterocycles. The van der Waals surface area contributed by atoms with Gasteiger partial charge in [-0.1, -0.05) is 15.9 Å². The Labute approximate surface area is 107 Å². The van der Waals surface area contributed by atoms with Crippen molar-refractivity contribution in [3.63, 3.8) is 0 Å². The van der Waals surface area contributed by atoms with Gasteiger partial charge in [-0.05, 0) is 38.2 Å². The molecule has 1 atom stereocenters. The first-order chi connectivity index (χ1) is 7.72. The van der Waals surface area contributed by atoms with Crippen LogP contribution in [0.5, 0.6) is 0 Å². The van der Waals surface area contributed by atoms with Crippen LogP contribution in [0.3, 0.4) is 0 Å². The van der Waals surface area contributed by atoms with E-state index in [1.165, 1.54) is 22.7 Å². The molecule has 1 aromatic carbocycles. The molecule has 1 aromatic heterocycles. The van der Waals surface area contributed by atoms with E-state index >= 15 is 0 Å². The fraction of sp³-hybridized carbons (Fsp3) is 0.417. The van der Waals surface area contributed by atoms with Crippen molar-refractivity contribution in [2.45, 2.75) is 12.3 Å². The van der Waals surface area contributed by atoms with Gasteiger partial charge in [0.05, 0.1) is 15.2 Å². The van der Waals surface area contributed by atoms with Crippen LogP contribution in [0.1, 0.15) is 17.3 Å². The zero-order valence-electron chi connectivity index (χ0n) is 9.11. The minimum Gasteiger partial charge on any atom is -0.306 e. The Balaban J connectivity index is 1.99. The van der Waals surface area contributed by atoms with Gasteiger partial charge in [0, 0.05) is 16.9 Å². The molecule has 2 aromatic rings. The van der Waals surface area contributed by atoms with Gasteiger partial charge in [0.15, 0.2) is 0 Å². The monoisotopic (exact) mass is 296 g/mol. The number of hydrogen-bond donors (Lipinski definition) is 0. The van der Waals surface area contributed by atoms with E-state index in [0.29, 0.717) is 5.92 Å². The third-order valence-electron chi connectivity index (χ3n) is 3.11. The molecule has 2 nitrogen and oxygen atoms in total. The molecule has 0 spiro atoms. The number of fused-ring (bicyclic) bond motifs is 1. The highest BCUT2D eigenvalue weighted by atomic mass is 79.9. The summed E-state index contributed by atoms with van der Waals surface area (Å²) >= 11 is 5.34. The predicted octanol–water partition coefficient (Wildman–Crippen LogP) is 3.48. The highest BCUT2D eigenvalue weighted by Gasteiger charge is 2.23. The molecule has 0 radical (unpaired) electrons. The molecule has 2 heterocycles. The summed E-state index contributed by atoms with van der Waals surface area (Å²) in [6.07, 6.45) is 1.25. The Morgan fingerprint density at radius 3 is 3.12 bits per heavy atom. The van der Waals surface area contributed by atoms with E-state index < -0.39 is 0 Å². The van der Waals surface area contributed by atoms with Crippen LogP contribution < -0.4 is 0 Å². The van der Waals surface area contributed by atoms with E-state index in [1.807, 2.05) is 11.3 Å². The minimum atomic E-state index is 0.640. The van der Waals surface area contributed by atoms with E-state index in [4.69, 9.17) is 4.98 Å². The average molecular weight is 297 g/mol. The normalized spacial score (nSPS) is 22.0. The van der Waals surface area contributed by atoms with Crippen molar-refractivity contribution < 1.29 is 0 Å². The van der Waals surface area contributed by atoms with Crippen molar-refractivity contribution in [1.29, 1.82) is 0 Å². The number of likely N-dealkylation sites (tertiary alicyclic amines) is 1. The summed E-state index contributed by atoms with van der Waals surface area (Å²) in [6, 6.07) is 6.35. The quantitative estimate of drug-likeness (QED) is 0.801. The number of hydrogen-bond acceptors (Lipinski definition) is 3. The van der Waals surface area contributed by atoms with E-state index in [9.17, 15) is 0 Å². The van der Waals surface area contributed by atoms with Crippen molar-refractivity contribution >= 4 is 37.5 Å². The van der Waals surface area contributed by atoms with Crippen LogP contribution >= 0.6 is 27.3 Å². The second-order valence-corrected chi connectivity index (χ2v) is 6.39. The molecular weight excluding hydrogens is 284 g/mol. The van der Waals surface area contributed by atoms with Crippen LogP contribution in [0.15, 0.2) is 22.7 Å². The molecule has 0 aliphatic carbocycles. The number of rotatable bonds is 1. The van der Waals surface area contributed by atoms with E-state index in [2.05, 4.69) is 46.1 Å². The topological polar surface area (TPSA) is 16.1 Å². The Hall–Kier alpha value is -0.450. The number of benzene rings is 1. The van der Waals surface area contributed by atoms with Gasteiger partial charge in [-0.15, -0.1) is 11.3 Å². The smallest absolute Gasteiger partial charge is 0.0982 e. The first kappa shape index (κ1) is 10.7. The average Bonchev–Trinajstić information content (AvgIpc) is 2.83. The molecule has 0 amide bonds. The van der Waals surface area contributed by atoms with Gasteiger partial charge in [0.1, 0.15) is 0 Å². The maximum atomic E-state index is 4.75. The van der Waals surface area contributed by atoms with Crippen molar-refractivity contribution in [1.82, 2.24) is 9.88 Å². The van der Waals surface area contributed by atoms with Crippen LogP contribution in [0.4, 0.5) is 0 Å². The third kappa shape index (κ3) is 1.90. The lowest BCUT2D eigenvalue weighted by Crippen LogP contribution is -2.13. The largest absolute Gasteiger partial charge is 0.306 e. The van der Waals surface area contributed by atoms with Crippen LogP contribution in [0.25, 0.3) is 10.2 Å². The lowest BCUT2D eigenvalue weighted by molar-refractivity contribution is 0.411. The molecule has 3 rings (SSSR count). The first-order valence-electron chi connectivity index (χ1n) is 5.47. The van der Waals surface area contributed by atoms with Crippen molar-refractivity contribution in [2.75, 3.05) is 20.1 Å². The zero-order valence-corrected chi connectivity index (χ0v) is 11.5. The lowest BCUT2D eigenvalue weighted by Gasteiger charge is -2.06. The summed E-state index contributed by atoms with van der Waals surface area (Å²) in [6.45, 7) is 2.35. The fourth-order valence-corrected chi connectivity index (χ4v) is 3.65. The zero-order chi connectivity index (χ0) is 11.1. The van der Waals surface area contributed by atoms with Gasteiger partial charge in [-0.3, -0.25) is 0 Å². The van der Waals surface area contributed by atoms with Crippen LogP contribution in [0.2, 0.25) is 0 Å². The van der Waals surface area contributed by atoms with Gasteiger partial charge in [0.2, 0.25) is 0 Å². The Morgan fingerprint density at radius 1 is 1.50 bits per heavy atom. The second-order valence-electron chi connectivity index (χ2n) is 4.41. The van der Waals surface area contributed by atoms with Crippen LogP contribution in [-0.2, 0) is 0 Å². The summed E-state index contributed by atoms with van der Waals surface area (Å²) in [4.78, 5) is 7.13. The third-order valence-corrected chi connectivity index (χ3v) is 4.80. The molecule has 1 saturated heterocycles. The summed E-state index contributed by atoms with van der Waals surface area (Å²) in [7, 11) is 2.18. The van der Waals surface area contributed by atoms with Gasteiger partial charge < -0.3 is 4.90 Å². The Morgan fingerprint density at radius 2 is 2.38 bits per heavy atom. The molecule has 0 saturated carbocycles. The SMILES string of the molecule is CN1CCC(c2nc3cc(Br)ccc3s2)C1. The number of thiazole rings is 1. The Bertz CT molecular complexity index is 523. The highest BCUT2D eigenvalue weighted by Crippen LogP contribution is 2.33. The van der Waals surface area contributed by atoms with E-state index in [1.54, 1.807) is 0 Å². The summed E-state index contributed by atoms with van der Waals surface area (Å²) in [5, 5.41) is 1.30. The van der Waals surface area contributed by atoms with Gasteiger partial charge in [0.25, 0.3) is 0 Å². The minimum absolute atomic E-state index is 0.640. The van der Waals surface area contributed by atoms with E-state index in [0.717, 1.165) is 16.5 Å². The molecular formula is C12H13BrN2S. The maximum absolute atomic E-state index is 4.75. The molecule has 84 valence electrons. The fourth-order valence-electron chi connectivity index (χ4n) is 2.23. The number of halogens is 1. The van der Waals surface area contributed by atoms with Gasteiger partial charge in [-0.2, -0.15) is 0 Å². The highest BCUT2D eigenvalue weighted by molar-refractivity contribution is 9.10. The van der Waals surface area contributed by atoms with Crippen molar-refractivity contribution in [3.8, 4) is 0 Å². The first-order valence-corrected chi connectivity index (χ1v) is 7.08. The number of likely N-dealkylation sites (N-methyl/N-ethyl adjacent to an activating group) is 1. The second kappa shape index (κ2) is 4.09. The van der Waals surface area contributed by atoms with Crippen LogP contribution in [-0.4, -0.2) is 30.0 Å². The molecule has 16 heavy (non-hydrogen) atoms. The molecule has 0 N–H and O–H groups in total. The lowest BCUT2D eigenvalue weighted by atomic mass is 10.1. The standard InChI is InChI=1S/C12H13BrN2S/c1-15-5-4-8(7-15)12-14-10-6-9(13)2-3-11(10)16-12/h2-3,6,8H,4-5,7H2,1H3. The van der Waals surface area contributed by atoms with Crippen molar-refractivity contribution in [3.05, 3.63) is 27.7 Å². The number of nitrogens with zero attached hydrogens (tertiary/aromatic N) is 2. The predicted molar refractivity (Wildman–Crippen MR) is 72.2 cm³/mol. The summed E-state index contributed by atoms with van der Waals surface area (Å²) in [5.74, 6) is 0.640. The molecule has 1 unspecified atom stereocenters. The summed E-state index contributed by atoms with van der Waals surface area (Å²) in [5.41, 5.74) is 1.13. The van der Waals surface area contributed by atoms with Gasteiger partial charge >= 0.3 is 0 Å². The molecule has 1 aliphatic rings. The maximum Gasteiger partial charge on any atom is 0.0982 e. The van der Waals surface area contributed by atoms with Gasteiger partial charge in [-0.25, -0.2) is 4.98 Å².